The number of nitrogens with one attached hydrogen (secondary N) is 2. The van der Waals surface area contributed by atoms with Crippen molar-refractivity contribution in [2.75, 3.05) is 13.1 Å². The third-order valence-corrected chi connectivity index (χ3v) is 5.40. The standard InChI is InChI=1S/C10H20N2O2S/c1-8(9-3-2-6-11-7-9)12-15(13,14)10-4-5-10/h8-12H,2-7H2,1H3. The summed E-state index contributed by atoms with van der Waals surface area (Å²) in [5, 5.41) is 3.21. The first-order valence-corrected chi connectivity index (χ1v) is 7.36. The summed E-state index contributed by atoms with van der Waals surface area (Å²) in [6.45, 7) is 3.99. The Morgan fingerprint density at radius 3 is 2.60 bits per heavy atom. The van der Waals surface area contributed by atoms with E-state index in [4.69, 9.17) is 0 Å². The zero-order valence-electron chi connectivity index (χ0n) is 9.20. The molecule has 0 bridgehead atoms. The molecule has 5 heteroatoms. The van der Waals surface area contributed by atoms with Crippen LogP contribution in [-0.2, 0) is 10.0 Å². The molecule has 0 amide bonds. The van der Waals surface area contributed by atoms with E-state index >= 15 is 0 Å². The van der Waals surface area contributed by atoms with Gasteiger partial charge < -0.3 is 5.32 Å². The maximum absolute atomic E-state index is 11.7. The van der Waals surface area contributed by atoms with Crippen LogP contribution in [0.1, 0.15) is 32.6 Å². The second-order valence-corrected chi connectivity index (χ2v) is 6.75. The fraction of sp³-hybridized carbons (Fsp3) is 1.00. The average Bonchev–Trinajstić information content (AvgIpc) is 3.01. The van der Waals surface area contributed by atoms with E-state index in [1.165, 1.54) is 0 Å². The van der Waals surface area contributed by atoms with Crippen molar-refractivity contribution in [3.8, 4) is 0 Å². The molecule has 0 radical (unpaired) electrons. The number of sulfonamides is 1. The molecule has 1 aliphatic heterocycles. The van der Waals surface area contributed by atoms with E-state index in [1.807, 2.05) is 6.92 Å². The van der Waals surface area contributed by atoms with Crippen LogP contribution in [0.15, 0.2) is 0 Å². The van der Waals surface area contributed by atoms with Crippen LogP contribution in [0.25, 0.3) is 0 Å². The van der Waals surface area contributed by atoms with E-state index in [9.17, 15) is 8.42 Å². The lowest BCUT2D eigenvalue weighted by Gasteiger charge is -2.28. The van der Waals surface area contributed by atoms with Crippen molar-refractivity contribution in [3.63, 3.8) is 0 Å². The number of hydrogen-bond acceptors (Lipinski definition) is 3. The topological polar surface area (TPSA) is 58.2 Å². The molecule has 0 aromatic rings. The fourth-order valence-electron chi connectivity index (χ4n) is 2.14. The molecule has 1 aliphatic carbocycles. The largest absolute Gasteiger partial charge is 0.316 e. The third-order valence-electron chi connectivity index (χ3n) is 3.36. The first kappa shape index (κ1) is 11.4. The highest BCUT2D eigenvalue weighted by Crippen LogP contribution is 2.28. The second kappa shape index (κ2) is 4.39. The van der Waals surface area contributed by atoms with Crippen molar-refractivity contribution in [2.24, 2.45) is 5.92 Å². The van der Waals surface area contributed by atoms with Crippen molar-refractivity contribution in [2.45, 2.75) is 43.9 Å². The summed E-state index contributed by atoms with van der Waals surface area (Å²) in [6, 6.07) is 0.0726. The van der Waals surface area contributed by atoms with Crippen molar-refractivity contribution in [3.05, 3.63) is 0 Å². The Labute approximate surface area is 91.9 Å². The molecular weight excluding hydrogens is 212 g/mol. The van der Waals surface area contributed by atoms with Gasteiger partial charge in [-0.2, -0.15) is 0 Å². The zero-order valence-corrected chi connectivity index (χ0v) is 10.0. The van der Waals surface area contributed by atoms with Gasteiger partial charge >= 0.3 is 0 Å². The molecule has 1 saturated heterocycles. The van der Waals surface area contributed by atoms with E-state index in [0.717, 1.165) is 38.8 Å². The molecule has 0 aromatic heterocycles. The molecule has 1 saturated carbocycles. The van der Waals surface area contributed by atoms with Gasteiger partial charge in [-0.15, -0.1) is 0 Å². The maximum Gasteiger partial charge on any atom is 0.214 e. The first-order chi connectivity index (χ1) is 7.09. The molecule has 2 fully saturated rings. The Kier molecular flexibility index (Phi) is 3.33. The summed E-state index contributed by atoms with van der Waals surface area (Å²) < 4.78 is 26.2. The van der Waals surface area contributed by atoms with Gasteiger partial charge in [0.1, 0.15) is 0 Å². The third kappa shape index (κ3) is 2.92. The summed E-state index contributed by atoms with van der Waals surface area (Å²) in [5.74, 6) is 0.451. The molecule has 2 aliphatic rings. The molecule has 2 N–H and O–H groups in total. The molecule has 15 heavy (non-hydrogen) atoms. The highest BCUT2D eigenvalue weighted by Gasteiger charge is 2.37. The van der Waals surface area contributed by atoms with Gasteiger partial charge in [0.05, 0.1) is 5.25 Å². The average molecular weight is 232 g/mol. The molecule has 0 aromatic carbocycles. The van der Waals surface area contributed by atoms with Crippen molar-refractivity contribution >= 4 is 10.0 Å². The summed E-state index contributed by atoms with van der Waals surface area (Å²) in [6.07, 6.45) is 3.96. The minimum atomic E-state index is -3.01. The Hall–Kier alpha value is -0.130. The zero-order chi connectivity index (χ0) is 10.9. The van der Waals surface area contributed by atoms with Crippen LogP contribution >= 0.6 is 0 Å². The molecule has 2 rings (SSSR count). The van der Waals surface area contributed by atoms with Crippen molar-refractivity contribution < 1.29 is 8.42 Å². The van der Waals surface area contributed by atoms with E-state index in [1.54, 1.807) is 0 Å². The Morgan fingerprint density at radius 1 is 1.33 bits per heavy atom. The van der Waals surface area contributed by atoms with E-state index in [-0.39, 0.29) is 11.3 Å². The van der Waals surface area contributed by atoms with Crippen LogP contribution in [-0.4, -0.2) is 32.8 Å². The minimum Gasteiger partial charge on any atom is -0.316 e. The molecule has 88 valence electrons. The van der Waals surface area contributed by atoms with Gasteiger partial charge in [-0.3, -0.25) is 0 Å². The van der Waals surface area contributed by atoms with E-state index in [0.29, 0.717) is 5.92 Å². The smallest absolute Gasteiger partial charge is 0.214 e. The number of rotatable bonds is 4. The van der Waals surface area contributed by atoms with Gasteiger partial charge in [0.25, 0.3) is 0 Å². The van der Waals surface area contributed by atoms with E-state index < -0.39 is 10.0 Å². The molecular formula is C10H20N2O2S. The van der Waals surface area contributed by atoms with Crippen LogP contribution in [0.5, 0.6) is 0 Å². The lowest BCUT2D eigenvalue weighted by atomic mass is 9.94. The lowest BCUT2D eigenvalue weighted by Crippen LogP contribution is -2.45. The van der Waals surface area contributed by atoms with Crippen molar-refractivity contribution in [1.82, 2.24) is 10.0 Å². The predicted molar refractivity (Wildman–Crippen MR) is 60.1 cm³/mol. The molecule has 2 atom stereocenters. The molecule has 4 nitrogen and oxygen atoms in total. The van der Waals surface area contributed by atoms with Crippen LogP contribution in [0.3, 0.4) is 0 Å². The highest BCUT2D eigenvalue weighted by atomic mass is 32.2. The van der Waals surface area contributed by atoms with Gasteiger partial charge in [-0.05, 0) is 51.6 Å². The Morgan fingerprint density at radius 2 is 2.07 bits per heavy atom. The molecule has 1 heterocycles. The molecule has 2 unspecified atom stereocenters. The quantitative estimate of drug-likeness (QED) is 0.740. The maximum atomic E-state index is 11.7. The van der Waals surface area contributed by atoms with Gasteiger partial charge in [0, 0.05) is 6.04 Å². The first-order valence-electron chi connectivity index (χ1n) is 5.81. The highest BCUT2D eigenvalue weighted by molar-refractivity contribution is 7.90. The van der Waals surface area contributed by atoms with Crippen molar-refractivity contribution in [1.29, 1.82) is 0 Å². The summed E-state index contributed by atoms with van der Waals surface area (Å²) >= 11 is 0. The molecule has 0 spiro atoms. The van der Waals surface area contributed by atoms with Gasteiger partial charge in [-0.25, -0.2) is 13.1 Å². The Balaban J connectivity index is 1.87. The Bertz CT molecular complexity index is 305. The number of hydrogen-bond donors (Lipinski definition) is 2. The normalized spacial score (nSPS) is 30.1. The SMILES string of the molecule is CC(NS(=O)(=O)C1CC1)C1CCCNC1. The van der Waals surface area contributed by atoms with Crippen LogP contribution in [0, 0.1) is 5.92 Å². The predicted octanol–water partition coefficient (Wildman–Crippen LogP) is 0.456. The summed E-state index contributed by atoms with van der Waals surface area (Å²) in [5.41, 5.74) is 0. The monoisotopic (exact) mass is 232 g/mol. The van der Waals surface area contributed by atoms with Crippen LogP contribution in [0.4, 0.5) is 0 Å². The van der Waals surface area contributed by atoms with Gasteiger partial charge in [0.15, 0.2) is 0 Å². The van der Waals surface area contributed by atoms with Crippen LogP contribution in [0.2, 0.25) is 0 Å². The summed E-state index contributed by atoms with van der Waals surface area (Å²) in [7, 11) is -3.01. The lowest BCUT2D eigenvalue weighted by molar-refractivity contribution is 0.320. The van der Waals surface area contributed by atoms with Gasteiger partial charge in [0.2, 0.25) is 10.0 Å². The second-order valence-electron chi connectivity index (χ2n) is 4.76. The van der Waals surface area contributed by atoms with E-state index in [2.05, 4.69) is 10.0 Å². The minimum absolute atomic E-state index is 0.0726. The van der Waals surface area contributed by atoms with Gasteiger partial charge in [-0.1, -0.05) is 0 Å². The number of piperidine rings is 1. The summed E-state index contributed by atoms with van der Waals surface area (Å²) in [4.78, 5) is 0. The van der Waals surface area contributed by atoms with Crippen LogP contribution < -0.4 is 10.0 Å². The fourth-order valence-corrected chi connectivity index (χ4v) is 3.80.